The predicted octanol–water partition coefficient (Wildman–Crippen LogP) is 4.69. The Morgan fingerprint density at radius 2 is 1.77 bits per heavy atom. The summed E-state index contributed by atoms with van der Waals surface area (Å²) in [5.41, 5.74) is 4.85. The highest BCUT2D eigenvalue weighted by atomic mass is 19.4. The number of hydrogen-bond acceptors (Lipinski definition) is 5. The van der Waals surface area contributed by atoms with E-state index in [-0.39, 0.29) is 30.3 Å². The SMILES string of the molecule is C=C(CCOc1ccc(F)c(C(N)=O)c1F)O/N=C(\C)c1ccc(OC(F)(F)F)cc1. The molecule has 2 aromatic carbocycles. The highest BCUT2D eigenvalue weighted by Gasteiger charge is 2.31. The molecule has 0 saturated heterocycles. The third kappa shape index (κ3) is 6.98. The van der Waals surface area contributed by atoms with Crippen molar-refractivity contribution in [1.82, 2.24) is 0 Å². The van der Waals surface area contributed by atoms with Crippen LogP contribution < -0.4 is 15.2 Å². The van der Waals surface area contributed by atoms with Gasteiger partial charge in [-0.3, -0.25) is 4.79 Å². The summed E-state index contributed by atoms with van der Waals surface area (Å²) in [6.45, 7) is 5.04. The molecule has 0 fully saturated rings. The van der Waals surface area contributed by atoms with Gasteiger partial charge in [0.25, 0.3) is 5.91 Å². The number of hydrogen-bond donors (Lipinski definition) is 1. The van der Waals surface area contributed by atoms with E-state index >= 15 is 0 Å². The first-order chi connectivity index (χ1) is 14.5. The van der Waals surface area contributed by atoms with Gasteiger partial charge in [-0.05, 0) is 48.9 Å². The number of carbonyl (C=O) groups excluding carboxylic acids is 1. The van der Waals surface area contributed by atoms with E-state index in [1.165, 1.54) is 12.1 Å². The zero-order valence-corrected chi connectivity index (χ0v) is 16.1. The van der Waals surface area contributed by atoms with Crippen LogP contribution in [0.1, 0.15) is 29.3 Å². The molecule has 31 heavy (non-hydrogen) atoms. The molecule has 0 aliphatic heterocycles. The van der Waals surface area contributed by atoms with Crippen molar-refractivity contribution in [2.24, 2.45) is 10.9 Å². The highest BCUT2D eigenvalue weighted by Crippen LogP contribution is 2.24. The molecule has 2 N–H and O–H groups in total. The smallest absolute Gasteiger partial charge is 0.490 e. The highest BCUT2D eigenvalue weighted by molar-refractivity contribution is 5.98. The molecule has 0 atom stereocenters. The first kappa shape index (κ1) is 23.6. The molecular weight excluding hydrogens is 427 g/mol. The van der Waals surface area contributed by atoms with Gasteiger partial charge in [0.15, 0.2) is 11.6 Å². The first-order valence-electron chi connectivity index (χ1n) is 8.64. The fourth-order valence-corrected chi connectivity index (χ4v) is 2.27. The van der Waals surface area contributed by atoms with Gasteiger partial charge in [-0.2, -0.15) is 0 Å². The molecule has 0 bridgehead atoms. The number of primary amides is 1. The van der Waals surface area contributed by atoms with Crippen LogP contribution >= 0.6 is 0 Å². The van der Waals surface area contributed by atoms with Crippen LogP contribution in [0.5, 0.6) is 11.5 Å². The molecule has 2 rings (SSSR count). The average Bonchev–Trinajstić information content (AvgIpc) is 2.67. The molecule has 0 aliphatic carbocycles. The molecule has 166 valence electrons. The maximum Gasteiger partial charge on any atom is 0.573 e. The van der Waals surface area contributed by atoms with E-state index < -0.39 is 29.5 Å². The van der Waals surface area contributed by atoms with Gasteiger partial charge in [0.1, 0.15) is 22.9 Å². The predicted molar refractivity (Wildman–Crippen MR) is 101 cm³/mol. The maximum absolute atomic E-state index is 14.1. The lowest BCUT2D eigenvalue weighted by atomic mass is 10.1. The van der Waals surface area contributed by atoms with Gasteiger partial charge in [0, 0.05) is 6.42 Å². The standard InChI is InChI=1S/C20H17F5N2O4/c1-11(9-10-29-16-8-7-15(21)17(18(16)22)19(26)28)31-27-12(2)13-3-5-14(6-4-13)30-20(23,24)25/h3-8H,1,9-10H2,2H3,(H2,26,28)/b27-12+. The summed E-state index contributed by atoms with van der Waals surface area (Å²) in [7, 11) is 0. The lowest BCUT2D eigenvalue weighted by molar-refractivity contribution is -0.274. The molecule has 11 heteroatoms. The fraction of sp³-hybridized carbons (Fsp3) is 0.200. The number of amides is 1. The summed E-state index contributed by atoms with van der Waals surface area (Å²) in [5, 5.41) is 3.80. The quantitative estimate of drug-likeness (QED) is 0.263. The van der Waals surface area contributed by atoms with Gasteiger partial charge < -0.3 is 20.0 Å². The number of nitrogens with two attached hydrogens (primary N) is 1. The summed E-state index contributed by atoms with van der Waals surface area (Å²) in [6, 6.07) is 6.84. The van der Waals surface area contributed by atoms with Crippen LogP contribution in [0.3, 0.4) is 0 Å². The molecule has 0 aromatic heterocycles. The number of carbonyl (C=O) groups is 1. The van der Waals surface area contributed by atoms with E-state index in [0.717, 1.165) is 24.3 Å². The average molecular weight is 444 g/mol. The summed E-state index contributed by atoms with van der Waals surface area (Å²) in [4.78, 5) is 16.2. The minimum Gasteiger partial charge on any atom is -0.490 e. The molecule has 0 radical (unpaired) electrons. The second-order valence-electron chi connectivity index (χ2n) is 6.08. The topological polar surface area (TPSA) is 83.1 Å². The zero-order chi connectivity index (χ0) is 23.2. The van der Waals surface area contributed by atoms with E-state index in [2.05, 4.69) is 16.5 Å². The van der Waals surface area contributed by atoms with Gasteiger partial charge in [-0.15, -0.1) is 13.2 Å². The van der Waals surface area contributed by atoms with Crippen LogP contribution in [-0.2, 0) is 4.84 Å². The summed E-state index contributed by atoms with van der Waals surface area (Å²) < 4.78 is 72.9. The van der Waals surface area contributed by atoms with Crippen molar-refractivity contribution >= 4 is 11.6 Å². The molecule has 0 unspecified atom stereocenters. The monoisotopic (exact) mass is 444 g/mol. The van der Waals surface area contributed by atoms with Gasteiger partial charge in [-0.1, -0.05) is 11.7 Å². The lowest BCUT2D eigenvalue weighted by Gasteiger charge is -2.10. The Morgan fingerprint density at radius 1 is 1.13 bits per heavy atom. The second-order valence-corrected chi connectivity index (χ2v) is 6.08. The Morgan fingerprint density at radius 3 is 2.35 bits per heavy atom. The Kier molecular flexibility index (Phi) is 7.56. The van der Waals surface area contributed by atoms with Crippen LogP contribution in [-0.4, -0.2) is 24.6 Å². The molecular formula is C20H17F5N2O4. The van der Waals surface area contributed by atoms with Crippen molar-refractivity contribution in [2.45, 2.75) is 19.7 Å². The second kappa shape index (κ2) is 9.92. The van der Waals surface area contributed by atoms with Crippen molar-refractivity contribution in [3.8, 4) is 11.5 Å². The van der Waals surface area contributed by atoms with E-state index in [1.807, 2.05) is 0 Å². The van der Waals surface area contributed by atoms with Crippen molar-refractivity contribution in [2.75, 3.05) is 6.61 Å². The van der Waals surface area contributed by atoms with E-state index in [0.29, 0.717) is 11.3 Å². The maximum atomic E-state index is 14.1. The molecule has 1 amide bonds. The van der Waals surface area contributed by atoms with Crippen molar-refractivity contribution < 1.29 is 41.1 Å². The number of alkyl halides is 3. The zero-order valence-electron chi connectivity index (χ0n) is 16.1. The van der Waals surface area contributed by atoms with Crippen LogP contribution in [0.2, 0.25) is 0 Å². The summed E-state index contributed by atoms with van der Waals surface area (Å²) >= 11 is 0. The van der Waals surface area contributed by atoms with Crippen LogP contribution in [0.25, 0.3) is 0 Å². The normalized spacial score (nSPS) is 11.7. The number of halogens is 5. The summed E-state index contributed by atoms with van der Waals surface area (Å²) in [5.74, 6) is -4.20. The Balaban J connectivity index is 1.88. The van der Waals surface area contributed by atoms with Gasteiger partial charge in [0.05, 0.1) is 12.3 Å². The minimum atomic E-state index is -4.79. The van der Waals surface area contributed by atoms with Crippen molar-refractivity contribution in [3.05, 3.63) is 71.5 Å². The Labute approximate surface area is 173 Å². The summed E-state index contributed by atoms with van der Waals surface area (Å²) in [6.07, 6.45) is -4.72. The van der Waals surface area contributed by atoms with E-state index in [1.54, 1.807) is 6.92 Å². The van der Waals surface area contributed by atoms with Crippen LogP contribution in [0, 0.1) is 11.6 Å². The fourth-order valence-electron chi connectivity index (χ4n) is 2.27. The number of rotatable bonds is 9. The third-order valence-corrected chi connectivity index (χ3v) is 3.76. The number of oxime groups is 1. The third-order valence-electron chi connectivity index (χ3n) is 3.76. The largest absolute Gasteiger partial charge is 0.573 e. The van der Waals surface area contributed by atoms with Crippen LogP contribution in [0.4, 0.5) is 22.0 Å². The molecule has 2 aromatic rings. The Hall–Kier alpha value is -3.63. The molecule has 0 saturated carbocycles. The lowest BCUT2D eigenvalue weighted by Crippen LogP contribution is -2.17. The van der Waals surface area contributed by atoms with E-state index in [9.17, 15) is 26.7 Å². The molecule has 0 spiro atoms. The van der Waals surface area contributed by atoms with Gasteiger partial charge in [-0.25, -0.2) is 8.78 Å². The number of benzene rings is 2. The molecule has 0 heterocycles. The van der Waals surface area contributed by atoms with E-state index in [4.69, 9.17) is 15.3 Å². The Bertz CT molecular complexity index is 988. The molecule has 6 nitrogen and oxygen atoms in total. The first-order valence-corrected chi connectivity index (χ1v) is 8.64. The number of ether oxygens (including phenoxy) is 2. The van der Waals surface area contributed by atoms with Gasteiger partial charge in [0.2, 0.25) is 0 Å². The number of nitrogens with zero attached hydrogens (tertiary/aromatic N) is 1. The van der Waals surface area contributed by atoms with Gasteiger partial charge >= 0.3 is 6.36 Å². The van der Waals surface area contributed by atoms with Crippen LogP contribution in [0.15, 0.2) is 53.9 Å². The van der Waals surface area contributed by atoms with Crippen molar-refractivity contribution in [1.29, 1.82) is 0 Å². The minimum absolute atomic E-state index is 0.0673. The molecule has 0 aliphatic rings. The van der Waals surface area contributed by atoms with Crippen molar-refractivity contribution in [3.63, 3.8) is 0 Å².